The predicted molar refractivity (Wildman–Crippen MR) is 115 cm³/mol. The third kappa shape index (κ3) is 3.34. The highest BCUT2D eigenvalue weighted by Crippen LogP contribution is 2.34. The first kappa shape index (κ1) is 17.8. The van der Waals surface area contributed by atoms with Gasteiger partial charge >= 0.3 is 0 Å². The summed E-state index contributed by atoms with van der Waals surface area (Å²) in [6.45, 7) is 4.32. The van der Waals surface area contributed by atoms with Crippen molar-refractivity contribution in [1.82, 2.24) is 15.0 Å². The molecule has 2 aromatic carbocycles. The molecular weight excluding hydrogens is 360 g/mol. The lowest BCUT2D eigenvalue weighted by atomic mass is 9.93. The maximum atomic E-state index is 6.24. The van der Waals surface area contributed by atoms with E-state index in [0.29, 0.717) is 12.4 Å². The van der Waals surface area contributed by atoms with Crippen molar-refractivity contribution in [3.05, 3.63) is 84.7 Å². The van der Waals surface area contributed by atoms with Gasteiger partial charge in [-0.15, -0.1) is 0 Å². The fourth-order valence-electron chi connectivity index (χ4n) is 3.95. The number of para-hydroxylation sites is 1. The minimum atomic E-state index is -0.387. The van der Waals surface area contributed by atoms with Crippen LogP contribution in [-0.2, 0) is 10.3 Å². The Morgan fingerprint density at radius 1 is 0.897 bits per heavy atom. The van der Waals surface area contributed by atoms with Crippen molar-refractivity contribution in [2.75, 3.05) is 24.6 Å². The van der Waals surface area contributed by atoms with Gasteiger partial charge in [0.05, 0.1) is 18.7 Å². The molecule has 1 atom stereocenters. The smallest absolute Gasteiger partial charge is 0.162 e. The zero-order chi connectivity index (χ0) is 19.7. The predicted octanol–water partition coefficient (Wildman–Crippen LogP) is 4.44. The summed E-state index contributed by atoms with van der Waals surface area (Å²) in [4.78, 5) is 16.2. The molecule has 5 heteroatoms. The van der Waals surface area contributed by atoms with E-state index in [9.17, 15) is 0 Å². The molecule has 1 fully saturated rings. The molecule has 144 valence electrons. The van der Waals surface area contributed by atoms with E-state index in [1.165, 1.54) is 5.56 Å². The van der Waals surface area contributed by atoms with Crippen LogP contribution in [0, 0.1) is 0 Å². The molecule has 1 unspecified atom stereocenters. The van der Waals surface area contributed by atoms with Crippen LogP contribution >= 0.6 is 0 Å². The van der Waals surface area contributed by atoms with Gasteiger partial charge in [0, 0.05) is 29.9 Å². The first-order valence-corrected chi connectivity index (χ1v) is 9.85. The van der Waals surface area contributed by atoms with E-state index in [4.69, 9.17) is 14.7 Å². The second kappa shape index (κ2) is 7.26. The summed E-state index contributed by atoms with van der Waals surface area (Å²) in [5.74, 6) is 1.67. The molecule has 1 aliphatic rings. The number of ether oxygens (including phenoxy) is 1. The van der Waals surface area contributed by atoms with Gasteiger partial charge in [-0.25, -0.2) is 9.97 Å². The van der Waals surface area contributed by atoms with Gasteiger partial charge < -0.3 is 9.64 Å². The molecule has 4 aromatic rings. The maximum Gasteiger partial charge on any atom is 0.162 e. The molecule has 1 aliphatic heterocycles. The summed E-state index contributed by atoms with van der Waals surface area (Å²) in [5.41, 5.74) is 2.70. The van der Waals surface area contributed by atoms with Gasteiger partial charge in [-0.05, 0) is 36.8 Å². The molecule has 0 radical (unpaired) electrons. The molecule has 2 aromatic heterocycles. The van der Waals surface area contributed by atoms with Crippen molar-refractivity contribution in [3.8, 4) is 11.4 Å². The van der Waals surface area contributed by atoms with Crippen LogP contribution in [-0.4, -0.2) is 34.6 Å². The topological polar surface area (TPSA) is 51.1 Å². The highest BCUT2D eigenvalue weighted by molar-refractivity contribution is 5.91. The van der Waals surface area contributed by atoms with E-state index in [2.05, 4.69) is 47.1 Å². The van der Waals surface area contributed by atoms with Crippen LogP contribution in [0.15, 0.2) is 79.1 Å². The van der Waals surface area contributed by atoms with Gasteiger partial charge in [-0.2, -0.15) is 0 Å². The fraction of sp³-hybridized carbons (Fsp3) is 0.208. The molecule has 0 amide bonds. The zero-order valence-corrected chi connectivity index (χ0v) is 16.3. The van der Waals surface area contributed by atoms with Gasteiger partial charge in [-0.1, -0.05) is 42.5 Å². The number of hydrogen-bond donors (Lipinski definition) is 0. The third-order valence-electron chi connectivity index (χ3n) is 5.48. The van der Waals surface area contributed by atoms with Crippen molar-refractivity contribution in [2.45, 2.75) is 12.5 Å². The molecule has 0 N–H and O–H groups in total. The Hall–Kier alpha value is -3.31. The summed E-state index contributed by atoms with van der Waals surface area (Å²) in [7, 11) is 0. The first-order valence-electron chi connectivity index (χ1n) is 9.85. The van der Waals surface area contributed by atoms with E-state index in [1.54, 1.807) is 12.4 Å². The van der Waals surface area contributed by atoms with Gasteiger partial charge in [0.25, 0.3) is 0 Å². The minimum Gasteiger partial charge on any atom is -0.367 e. The second-order valence-corrected chi connectivity index (χ2v) is 7.49. The van der Waals surface area contributed by atoms with E-state index >= 15 is 0 Å². The van der Waals surface area contributed by atoms with Crippen molar-refractivity contribution in [3.63, 3.8) is 0 Å². The molecule has 3 heterocycles. The Morgan fingerprint density at radius 2 is 1.66 bits per heavy atom. The van der Waals surface area contributed by atoms with Gasteiger partial charge in [0.1, 0.15) is 11.4 Å². The number of aromatic nitrogens is 3. The van der Waals surface area contributed by atoms with Gasteiger partial charge in [-0.3, -0.25) is 4.98 Å². The lowest BCUT2D eigenvalue weighted by Gasteiger charge is -2.41. The summed E-state index contributed by atoms with van der Waals surface area (Å²) in [5, 5.41) is 1.06. The van der Waals surface area contributed by atoms with E-state index in [0.717, 1.165) is 35.4 Å². The molecule has 0 spiro atoms. The monoisotopic (exact) mass is 382 g/mol. The Bertz CT molecular complexity index is 1130. The average molecular weight is 382 g/mol. The quantitative estimate of drug-likeness (QED) is 0.524. The SMILES string of the molecule is CC1(c2ccccc2)CN(c2nc(-c3ccncc3)nc3ccccc23)CCO1. The van der Waals surface area contributed by atoms with Crippen molar-refractivity contribution >= 4 is 16.7 Å². The highest BCUT2D eigenvalue weighted by Gasteiger charge is 2.35. The van der Waals surface area contributed by atoms with Gasteiger partial charge in [0.15, 0.2) is 5.82 Å². The van der Waals surface area contributed by atoms with E-state index < -0.39 is 0 Å². The van der Waals surface area contributed by atoms with Gasteiger partial charge in [0.2, 0.25) is 0 Å². The molecule has 5 rings (SSSR count). The molecule has 0 aliphatic carbocycles. The second-order valence-electron chi connectivity index (χ2n) is 7.49. The van der Waals surface area contributed by atoms with Crippen molar-refractivity contribution in [1.29, 1.82) is 0 Å². The number of morpholine rings is 1. The lowest BCUT2D eigenvalue weighted by Crippen LogP contribution is -2.48. The standard InChI is InChI=1S/C24H22N4O/c1-24(19-7-3-2-4-8-19)17-28(15-16-29-24)23-20-9-5-6-10-21(20)26-22(27-23)18-11-13-25-14-12-18/h2-14H,15-17H2,1H3. The molecular formula is C24H22N4O. The molecule has 0 bridgehead atoms. The fourth-order valence-corrected chi connectivity index (χ4v) is 3.95. The molecule has 1 saturated heterocycles. The molecule has 5 nitrogen and oxygen atoms in total. The zero-order valence-electron chi connectivity index (χ0n) is 16.3. The third-order valence-corrected chi connectivity index (χ3v) is 5.48. The van der Waals surface area contributed by atoms with E-state index in [1.807, 2.05) is 36.4 Å². The van der Waals surface area contributed by atoms with Crippen molar-refractivity contribution in [2.24, 2.45) is 0 Å². The number of hydrogen-bond acceptors (Lipinski definition) is 5. The van der Waals surface area contributed by atoms with Crippen LogP contribution in [0.5, 0.6) is 0 Å². The Balaban J connectivity index is 1.60. The number of pyridine rings is 1. The summed E-state index contributed by atoms with van der Waals surface area (Å²) in [6, 6.07) is 22.5. The maximum absolute atomic E-state index is 6.24. The Kier molecular flexibility index (Phi) is 4.45. The Labute approximate surface area is 170 Å². The minimum absolute atomic E-state index is 0.387. The van der Waals surface area contributed by atoms with Crippen LogP contribution in [0.25, 0.3) is 22.3 Å². The number of fused-ring (bicyclic) bond motifs is 1. The molecule has 29 heavy (non-hydrogen) atoms. The first-order chi connectivity index (χ1) is 14.2. The lowest BCUT2D eigenvalue weighted by molar-refractivity contribution is -0.0467. The number of nitrogens with zero attached hydrogens (tertiary/aromatic N) is 4. The largest absolute Gasteiger partial charge is 0.367 e. The van der Waals surface area contributed by atoms with Crippen LogP contribution < -0.4 is 4.90 Å². The highest BCUT2D eigenvalue weighted by atomic mass is 16.5. The summed E-state index contributed by atoms with van der Waals surface area (Å²) < 4.78 is 6.24. The van der Waals surface area contributed by atoms with Crippen molar-refractivity contribution < 1.29 is 4.74 Å². The Morgan fingerprint density at radius 3 is 2.48 bits per heavy atom. The normalized spacial score (nSPS) is 19.4. The summed E-state index contributed by atoms with van der Waals surface area (Å²) >= 11 is 0. The van der Waals surface area contributed by atoms with E-state index in [-0.39, 0.29) is 5.60 Å². The summed E-state index contributed by atoms with van der Waals surface area (Å²) in [6.07, 6.45) is 3.55. The number of rotatable bonds is 3. The van der Waals surface area contributed by atoms with Crippen LogP contribution in [0.1, 0.15) is 12.5 Å². The number of anilines is 1. The van der Waals surface area contributed by atoms with Crippen LogP contribution in [0.2, 0.25) is 0 Å². The average Bonchev–Trinajstić information content (AvgIpc) is 2.79. The van der Waals surface area contributed by atoms with Crippen LogP contribution in [0.4, 0.5) is 5.82 Å². The molecule has 0 saturated carbocycles. The number of benzene rings is 2. The van der Waals surface area contributed by atoms with Crippen LogP contribution in [0.3, 0.4) is 0 Å².